The maximum atomic E-state index is 6.54. The Labute approximate surface area is 308 Å². The molecule has 0 radical (unpaired) electrons. The Balaban J connectivity index is 1.02. The number of fused-ring (bicyclic) bond motifs is 4. The number of benzene rings is 7. The topological polar surface area (TPSA) is 47.9 Å². The summed E-state index contributed by atoms with van der Waals surface area (Å²) in [4.78, 5) is 15.3. The van der Waals surface area contributed by atoms with E-state index in [9.17, 15) is 0 Å². The van der Waals surface area contributed by atoms with E-state index in [1.54, 1.807) is 0 Å². The first-order chi connectivity index (χ1) is 26.2. The third-order valence-corrected chi connectivity index (χ3v) is 10.3. The van der Waals surface area contributed by atoms with Crippen LogP contribution in [0.25, 0.3) is 72.5 Å². The Morgan fingerprint density at radius 1 is 0.396 bits per heavy atom. The van der Waals surface area contributed by atoms with Crippen molar-refractivity contribution in [2.75, 3.05) is 0 Å². The fraction of sp³-hybridized carbons (Fsp3) is 0.0408. The molecule has 53 heavy (non-hydrogen) atoms. The summed E-state index contributed by atoms with van der Waals surface area (Å²) in [5.41, 5.74) is 11.1. The molecule has 0 saturated carbocycles. The second kappa shape index (κ2) is 13.0. The van der Waals surface area contributed by atoms with Crippen molar-refractivity contribution >= 4 is 16.3 Å². The first-order valence-corrected chi connectivity index (χ1v) is 18.0. The van der Waals surface area contributed by atoms with Crippen molar-refractivity contribution < 1.29 is 4.74 Å². The van der Waals surface area contributed by atoms with E-state index in [-0.39, 0.29) is 12.0 Å². The van der Waals surface area contributed by atoms with Crippen molar-refractivity contribution in [1.82, 2.24) is 15.0 Å². The molecule has 0 N–H and O–H groups in total. The maximum Gasteiger partial charge on any atom is 0.164 e. The van der Waals surface area contributed by atoms with Crippen LogP contribution in [0, 0.1) is 0 Å². The third-order valence-electron chi connectivity index (χ3n) is 10.3. The van der Waals surface area contributed by atoms with Gasteiger partial charge in [-0.3, -0.25) is 0 Å². The molecular formula is C49H33N3O. The quantitative estimate of drug-likeness (QED) is 0.175. The zero-order valence-electron chi connectivity index (χ0n) is 28.8. The third kappa shape index (κ3) is 5.81. The first kappa shape index (κ1) is 30.9. The van der Waals surface area contributed by atoms with Gasteiger partial charge in [-0.15, -0.1) is 0 Å². The van der Waals surface area contributed by atoms with E-state index in [1.807, 2.05) is 36.4 Å². The number of allylic oxidation sites excluding steroid dienone is 2. The minimum absolute atomic E-state index is 0.0623. The minimum atomic E-state index is -0.151. The molecule has 0 fully saturated rings. The minimum Gasteiger partial charge on any atom is -0.485 e. The highest BCUT2D eigenvalue weighted by atomic mass is 16.5. The van der Waals surface area contributed by atoms with Crippen LogP contribution in [0.4, 0.5) is 0 Å². The van der Waals surface area contributed by atoms with E-state index in [2.05, 4.69) is 152 Å². The van der Waals surface area contributed by atoms with Crippen molar-refractivity contribution in [1.29, 1.82) is 0 Å². The van der Waals surface area contributed by atoms with Gasteiger partial charge in [0, 0.05) is 22.3 Å². The first-order valence-electron chi connectivity index (χ1n) is 18.0. The lowest BCUT2D eigenvalue weighted by atomic mass is 9.83. The SMILES string of the molecule is C1=CC2Oc3ccc(-c4ccc(-c5ccccc5)cc4)cc3C2C(c2nc(-c3ccccc3)nc(-c3ccc(-c4ccc5ccccc5c4)cc3)n2)=C1. The van der Waals surface area contributed by atoms with Gasteiger partial charge < -0.3 is 4.74 Å². The van der Waals surface area contributed by atoms with Crippen LogP contribution in [0.5, 0.6) is 5.75 Å². The predicted molar refractivity (Wildman–Crippen MR) is 215 cm³/mol. The van der Waals surface area contributed by atoms with Gasteiger partial charge in [0.15, 0.2) is 17.5 Å². The largest absolute Gasteiger partial charge is 0.485 e. The van der Waals surface area contributed by atoms with Crippen LogP contribution in [0.15, 0.2) is 188 Å². The lowest BCUT2D eigenvalue weighted by molar-refractivity contribution is 0.271. The van der Waals surface area contributed by atoms with Gasteiger partial charge in [-0.25, -0.2) is 15.0 Å². The molecule has 4 nitrogen and oxygen atoms in total. The summed E-state index contributed by atoms with van der Waals surface area (Å²) in [5, 5.41) is 2.46. The van der Waals surface area contributed by atoms with E-state index >= 15 is 0 Å². The molecule has 0 spiro atoms. The fourth-order valence-corrected chi connectivity index (χ4v) is 7.57. The molecule has 2 atom stereocenters. The number of hydrogen-bond acceptors (Lipinski definition) is 4. The summed E-state index contributed by atoms with van der Waals surface area (Å²) in [6.07, 6.45) is 6.18. The van der Waals surface area contributed by atoms with Gasteiger partial charge in [0.25, 0.3) is 0 Å². The predicted octanol–water partition coefficient (Wildman–Crippen LogP) is 11.9. The smallest absolute Gasteiger partial charge is 0.164 e. The molecule has 1 aliphatic heterocycles. The Morgan fingerprint density at radius 3 is 1.58 bits per heavy atom. The average Bonchev–Trinajstić information content (AvgIpc) is 3.62. The molecule has 0 saturated heterocycles. The summed E-state index contributed by atoms with van der Waals surface area (Å²) in [6.45, 7) is 0. The van der Waals surface area contributed by atoms with Crippen molar-refractivity contribution in [2.45, 2.75) is 12.0 Å². The highest BCUT2D eigenvalue weighted by molar-refractivity contribution is 5.87. The van der Waals surface area contributed by atoms with Crippen molar-refractivity contribution in [3.8, 4) is 61.9 Å². The van der Waals surface area contributed by atoms with Gasteiger partial charge in [0.05, 0.1) is 5.92 Å². The van der Waals surface area contributed by atoms with Crippen LogP contribution in [-0.2, 0) is 0 Å². The Morgan fingerprint density at radius 2 is 0.887 bits per heavy atom. The van der Waals surface area contributed by atoms with Gasteiger partial charge in [-0.05, 0) is 68.4 Å². The van der Waals surface area contributed by atoms with E-state index in [1.165, 1.54) is 27.5 Å². The Bertz CT molecular complexity index is 2680. The van der Waals surface area contributed by atoms with Gasteiger partial charge in [-0.1, -0.05) is 164 Å². The maximum absolute atomic E-state index is 6.54. The molecule has 8 aromatic rings. The van der Waals surface area contributed by atoms with E-state index in [0.717, 1.165) is 44.7 Å². The van der Waals surface area contributed by atoms with E-state index in [0.29, 0.717) is 17.5 Å². The van der Waals surface area contributed by atoms with Crippen LogP contribution in [0.2, 0.25) is 0 Å². The number of aromatic nitrogens is 3. The summed E-state index contributed by atoms with van der Waals surface area (Å²) in [5.74, 6) is 2.76. The van der Waals surface area contributed by atoms with Crippen molar-refractivity contribution in [2.24, 2.45) is 0 Å². The zero-order chi connectivity index (χ0) is 35.1. The lowest BCUT2D eigenvalue weighted by Gasteiger charge is -2.22. The molecule has 10 rings (SSSR count). The molecule has 2 heterocycles. The van der Waals surface area contributed by atoms with Gasteiger partial charge >= 0.3 is 0 Å². The lowest BCUT2D eigenvalue weighted by Crippen LogP contribution is -2.20. The number of rotatable bonds is 6. The highest BCUT2D eigenvalue weighted by Crippen LogP contribution is 2.49. The van der Waals surface area contributed by atoms with Gasteiger partial charge in [-0.2, -0.15) is 0 Å². The Kier molecular flexibility index (Phi) is 7.58. The summed E-state index contributed by atoms with van der Waals surface area (Å²) < 4.78 is 6.54. The molecule has 7 aromatic carbocycles. The summed E-state index contributed by atoms with van der Waals surface area (Å²) in [7, 11) is 0. The zero-order valence-corrected chi connectivity index (χ0v) is 28.8. The van der Waals surface area contributed by atoms with Crippen LogP contribution < -0.4 is 4.74 Å². The van der Waals surface area contributed by atoms with Crippen molar-refractivity contribution in [3.63, 3.8) is 0 Å². The second-order valence-corrected chi connectivity index (χ2v) is 13.6. The molecule has 4 heteroatoms. The van der Waals surface area contributed by atoms with Gasteiger partial charge in [0.2, 0.25) is 0 Å². The molecule has 1 aliphatic carbocycles. The number of hydrogen-bond donors (Lipinski definition) is 0. The number of ether oxygens (including phenoxy) is 1. The van der Waals surface area contributed by atoms with Crippen LogP contribution in [-0.4, -0.2) is 21.1 Å². The molecule has 2 unspecified atom stereocenters. The average molecular weight is 680 g/mol. The van der Waals surface area contributed by atoms with Crippen LogP contribution in [0.3, 0.4) is 0 Å². The van der Waals surface area contributed by atoms with Crippen LogP contribution in [0.1, 0.15) is 17.3 Å². The molecule has 0 bridgehead atoms. The Hall–Kier alpha value is -6.91. The highest BCUT2D eigenvalue weighted by Gasteiger charge is 2.39. The molecule has 1 aromatic heterocycles. The standard InChI is InChI=1S/C49H33N3O/c1-3-10-32(11-4-1)34-18-20-36(21-19-34)41-28-29-44-43(31-41)46-42(16-9-17-45(46)53-44)49-51-47(37-13-5-2-6-14-37)50-48(52-49)38-25-22-35(23-26-38)40-27-24-33-12-7-8-15-39(33)30-40/h1-31,45-46H. The molecular weight excluding hydrogens is 647 g/mol. The summed E-state index contributed by atoms with van der Waals surface area (Å²) >= 11 is 0. The van der Waals surface area contributed by atoms with Crippen LogP contribution >= 0.6 is 0 Å². The molecule has 2 aliphatic rings. The van der Waals surface area contributed by atoms with Crippen molar-refractivity contribution in [3.05, 3.63) is 199 Å². The normalized spacial score (nSPS) is 15.7. The summed E-state index contributed by atoms with van der Waals surface area (Å²) in [6, 6.07) is 59.5. The monoisotopic (exact) mass is 679 g/mol. The number of nitrogens with zero attached hydrogens (tertiary/aromatic N) is 3. The van der Waals surface area contributed by atoms with E-state index < -0.39 is 0 Å². The molecule has 0 amide bonds. The van der Waals surface area contributed by atoms with Gasteiger partial charge in [0.1, 0.15) is 11.9 Å². The van der Waals surface area contributed by atoms with E-state index in [4.69, 9.17) is 19.7 Å². The fourth-order valence-electron chi connectivity index (χ4n) is 7.57. The second-order valence-electron chi connectivity index (χ2n) is 13.6. The molecule has 250 valence electrons.